The molecule has 0 radical (unpaired) electrons. The van der Waals surface area contributed by atoms with Crippen LogP contribution in [-0.4, -0.2) is 35.7 Å². The molecule has 0 bridgehead atoms. The second-order valence-corrected chi connectivity index (χ2v) is 12.4. The third kappa shape index (κ3) is 36.0. The SMILES string of the molecule is CCCCC/C=C\C/C=C\CCCCCCCC(=O)O[C@H](C)COC(=O)CCCCCCC/C=C\CCCCCCCC(=O)O. The van der Waals surface area contributed by atoms with E-state index in [1.807, 2.05) is 0 Å². The monoisotopic (exact) mass is 633 g/mol. The largest absolute Gasteiger partial charge is 0.481 e. The maximum atomic E-state index is 12.1. The molecule has 0 rings (SSSR count). The quantitative estimate of drug-likeness (QED) is 0.0440. The molecule has 0 heterocycles. The molecule has 1 N–H and O–H groups in total. The summed E-state index contributed by atoms with van der Waals surface area (Å²) >= 11 is 0. The summed E-state index contributed by atoms with van der Waals surface area (Å²) in [7, 11) is 0. The zero-order chi connectivity index (χ0) is 33.1. The van der Waals surface area contributed by atoms with Crippen molar-refractivity contribution in [3.8, 4) is 0 Å². The Morgan fingerprint density at radius 3 is 1.42 bits per heavy atom. The predicted octanol–water partition coefficient (Wildman–Crippen LogP) is 11.4. The van der Waals surface area contributed by atoms with Crippen molar-refractivity contribution in [3.63, 3.8) is 0 Å². The van der Waals surface area contributed by atoms with Crippen LogP contribution in [0.25, 0.3) is 0 Å². The van der Waals surface area contributed by atoms with Gasteiger partial charge in [-0.15, -0.1) is 0 Å². The fraction of sp³-hybridized carbons (Fsp3) is 0.769. The van der Waals surface area contributed by atoms with Gasteiger partial charge in [0, 0.05) is 19.3 Å². The fourth-order valence-corrected chi connectivity index (χ4v) is 5.05. The molecule has 0 saturated carbocycles. The molecule has 6 nitrogen and oxygen atoms in total. The normalized spacial score (nSPS) is 12.4. The van der Waals surface area contributed by atoms with Gasteiger partial charge in [-0.1, -0.05) is 114 Å². The topological polar surface area (TPSA) is 89.9 Å². The van der Waals surface area contributed by atoms with E-state index in [1.54, 1.807) is 6.92 Å². The van der Waals surface area contributed by atoms with E-state index in [0.717, 1.165) is 83.5 Å². The number of esters is 2. The smallest absolute Gasteiger partial charge is 0.306 e. The number of ether oxygens (including phenoxy) is 2. The summed E-state index contributed by atoms with van der Waals surface area (Å²) in [6, 6.07) is 0. The average Bonchev–Trinajstić information content (AvgIpc) is 3.01. The van der Waals surface area contributed by atoms with Gasteiger partial charge in [-0.05, 0) is 84.0 Å². The van der Waals surface area contributed by atoms with Crippen LogP contribution in [0.4, 0.5) is 0 Å². The second kappa shape index (κ2) is 34.5. The lowest BCUT2D eigenvalue weighted by atomic mass is 10.1. The van der Waals surface area contributed by atoms with E-state index in [4.69, 9.17) is 14.6 Å². The van der Waals surface area contributed by atoms with Gasteiger partial charge in [0.1, 0.15) is 12.7 Å². The highest BCUT2D eigenvalue weighted by molar-refractivity contribution is 5.70. The Hall–Kier alpha value is -2.37. The summed E-state index contributed by atoms with van der Waals surface area (Å²) in [5, 5.41) is 8.62. The summed E-state index contributed by atoms with van der Waals surface area (Å²) in [5.74, 6) is -1.11. The van der Waals surface area contributed by atoms with Gasteiger partial charge in [0.25, 0.3) is 0 Å². The van der Waals surface area contributed by atoms with Crippen LogP contribution in [0, 0.1) is 0 Å². The van der Waals surface area contributed by atoms with Crippen molar-refractivity contribution in [3.05, 3.63) is 36.5 Å². The Morgan fingerprint density at radius 1 is 0.533 bits per heavy atom. The van der Waals surface area contributed by atoms with Crippen LogP contribution in [0.3, 0.4) is 0 Å². The lowest BCUT2D eigenvalue weighted by molar-refractivity contribution is -0.158. The Balaban J connectivity index is 3.49. The van der Waals surface area contributed by atoms with E-state index < -0.39 is 12.1 Å². The lowest BCUT2D eigenvalue weighted by Gasteiger charge is -2.13. The highest BCUT2D eigenvalue weighted by Crippen LogP contribution is 2.12. The summed E-state index contributed by atoms with van der Waals surface area (Å²) in [4.78, 5) is 34.6. The van der Waals surface area contributed by atoms with E-state index in [-0.39, 0.29) is 18.5 Å². The Morgan fingerprint density at radius 2 is 0.933 bits per heavy atom. The highest BCUT2D eigenvalue weighted by atomic mass is 16.6. The standard InChI is InChI=1S/C39H68O6/c1-3-4-5-6-7-8-9-10-11-16-19-22-25-28-31-34-39(43)45-36(2)35-44-38(42)33-30-27-24-21-18-15-13-12-14-17-20-23-26-29-32-37(40)41/h7-8,10-13,36H,3-6,9,14-35H2,1-2H3,(H,40,41)/b8-7-,11-10-,13-12-/t36-/m1/s1. The second-order valence-electron chi connectivity index (χ2n) is 12.4. The summed E-state index contributed by atoms with van der Waals surface area (Å²) in [6.45, 7) is 4.14. The summed E-state index contributed by atoms with van der Waals surface area (Å²) in [5.41, 5.74) is 0. The van der Waals surface area contributed by atoms with Crippen LogP contribution < -0.4 is 0 Å². The minimum atomic E-state index is -0.695. The molecule has 0 aliphatic heterocycles. The van der Waals surface area contributed by atoms with E-state index >= 15 is 0 Å². The van der Waals surface area contributed by atoms with Crippen LogP contribution in [0.15, 0.2) is 36.5 Å². The predicted molar refractivity (Wildman–Crippen MR) is 187 cm³/mol. The number of aliphatic carboxylic acids is 1. The minimum absolute atomic E-state index is 0.129. The molecule has 0 unspecified atom stereocenters. The highest BCUT2D eigenvalue weighted by Gasteiger charge is 2.12. The van der Waals surface area contributed by atoms with Crippen molar-refractivity contribution in [2.24, 2.45) is 0 Å². The molecule has 0 aromatic carbocycles. The molecular formula is C39H68O6. The molecule has 45 heavy (non-hydrogen) atoms. The third-order valence-electron chi connectivity index (χ3n) is 7.82. The minimum Gasteiger partial charge on any atom is -0.481 e. The van der Waals surface area contributed by atoms with E-state index in [2.05, 4.69) is 43.4 Å². The molecule has 0 saturated heterocycles. The van der Waals surface area contributed by atoms with Crippen molar-refractivity contribution < 1.29 is 29.0 Å². The number of rotatable bonds is 33. The molecule has 0 fully saturated rings. The van der Waals surface area contributed by atoms with Crippen molar-refractivity contribution >= 4 is 17.9 Å². The molecule has 1 atom stereocenters. The first kappa shape index (κ1) is 42.6. The van der Waals surface area contributed by atoms with Crippen LogP contribution in [0.1, 0.15) is 181 Å². The Kier molecular flexibility index (Phi) is 32.7. The van der Waals surface area contributed by atoms with Gasteiger partial charge in [0.2, 0.25) is 0 Å². The maximum absolute atomic E-state index is 12.1. The Bertz CT molecular complexity index is 784. The van der Waals surface area contributed by atoms with Crippen LogP contribution in [-0.2, 0) is 23.9 Å². The number of carboxylic acid groups (broad SMARTS) is 1. The van der Waals surface area contributed by atoms with Crippen molar-refractivity contribution in [2.45, 2.75) is 187 Å². The zero-order valence-electron chi connectivity index (χ0n) is 29.1. The number of hydrogen-bond acceptors (Lipinski definition) is 5. The van der Waals surface area contributed by atoms with E-state index in [9.17, 15) is 14.4 Å². The first-order valence-corrected chi connectivity index (χ1v) is 18.5. The average molecular weight is 633 g/mol. The van der Waals surface area contributed by atoms with Gasteiger partial charge in [0.15, 0.2) is 0 Å². The van der Waals surface area contributed by atoms with Crippen LogP contribution >= 0.6 is 0 Å². The van der Waals surface area contributed by atoms with Gasteiger partial charge in [0.05, 0.1) is 0 Å². The lowest BCUT2D eigenvalue weighted by Crippen LogP contribution is -2.22. The number of carbonyl (C=O) groups is 3. The van der Waals surface area contributed by atoms with Gasteiger partial charge in [-0.3, -0.25) is 14.4 Å². The van der Waals surface area contributed by atoms with Gasteiger partial charge < -0.3 is 14.6 Å². The number of allylic oxidation sites excluding steroid dienone is 6. The first-order chi connectivity index (χ1) is 22.0. The molecule has 0 spiro atoms. The molecule has 0 aromatic rings. The zero-order valence-corrected chi connectivity index (χ0v) is 29.1. The molecule has 0 aromatic heterocycles. The van der Waals surface area contributed by atoms with Gasteiger partial charge in [-0.25, -0.2) is 0 Å². The van der Waals surface area contributed by atoms with Crippen molar-refractivity contribution in [1.82, 2.24) is 0 Å². The molecule has 6 heteroatoms. The fourth-order valence-electron chi connectivity index (χ4n) is 5.05. The summed E-state index contributed by atoms with van der Waals surface area (Å²) in [6.07, 6.45) is 39.9. The van der Waals surface area contributed by atoms with E-state index in [0.29, 0.717) is 19.3 Å². The van der Waals surface area contributed by atoms with Gasteiger partial charge >= 0.3 is 17.9 Å². The maximum Gasteiger partial charge on any atom is 0.306 e. The molecular weight excluding hydrogens is 564 g/mol. The van der Waals surface area contributed by atoms with Crippen molar-refractivity contribution in [2.75, 3.05) is 6.61 Å². The van der Waals surface area contributed by atoms with Crippen LogP contribution in [0.5, 0.6) is 0 Å². The first-order valence-electron chi connectivity index (χ1n) is 18.5. The number of carbonyl (C=O) groups excluding carboxylic acids is 2. The number of carboxylic acids is 1. The molecule has 260 valence electrons. The number of hydrogen-bond donors (Lipinski definition) is 1. The summed E-state index contributed by atoms with van der Waals surface area (Å²) < 4.78 is 10.7. The third-order valence-corrected chi connectivity index (χ3v) is 7.82. The number of unbranched alkanes of at least 4 members (excludes halogenated alkanes) is 18. The molecule has 0 aliphatic rings. The Labute approximate surface area is 276 Å². The van der Waals surface area contributed by atoms with Crippen molar-refractivity contribution in [1.29, 1.82) is 0 Å². The van der Waals surface area contributed by atoms with E-state index in [1.165, 1.54) is 64.2 Å². The van der Waals surface area contributed by atoms with Crippen LogP contribution in [0.2, 0.25) is 0 Å². The molecule has 0 amide bonds. The van der Waals surface area contributed by atoms with Gasteiger partial charge in [-0.2, -0.15) is 0 Å². The molecule has 0 aliphatic carbocycles.